The van der Waals surface area contributed by atoms with Crippen molar-refractivity contribution in [1.29, 1.82) is 0 Å². The molecule has 0 amide bonds. The van der Waals surface area contributed by atoms with Gasteiger partial charge >= 0.3 is 0 Å². The number of hydrogen-bond donors (Lipinski definition) is 0. The summed E-state index contributed by atoms with van der Waals surface area (Å²) in [5.41, 5.74) is 12.6. The molecule has 0 N–H and O–H groups in total. The fourth-order valence-corrected chi connectivity index (χ4v) is 16.9. The highest BCUT2D eigenvalue weighted by Crippen LogP contribution is 2.56. The number of thiophene rings is 5. The number of fused-ring (bicyclic) bond motifs is 3. The molecule has 0 saturated heterocycles. The van der Waals surface area contributed by atoms with Gasteiger partial charge in [-0.2, -0.15) is 0 Å². The Morgan fingerprint density at radius 2 is 0.853 bits per heavy atom. The summed E-state index contributed by atoms with van der Waals surface area (Å²) in [7, 11) is 0. The first-order chi connectivity index (χ1) is 33.1. The second kappa shape index (κ2) is 23.9. The fourth-order valence-electron chi connectivity index (χ4n) is 10.8. The van der Waals surface area contributed by atoms with Gasteiger partial charge in [-0.1, -0.05) is 174 Å². The van der Waals surface area contributed by atoms with Gasteiger partial charge in [0.05, 0.1) is 0 Å². The molecule has 68 heavy (non-hydrogen) atoms. The quantitative estimate of drug-likeness (QED) is 0.0451. The Morgan fingerprint density at radius 1 is 0.412 bits per heavy atom. The van der Waals surface area contributed by atoms with E-state index in [0.717, 1.165) is 6.42 Å². The first-order valence-electron chi connectivity index (χ1n) is 27.0. The van der Waals surface area contributed by atoms with Crippen LogP contribution in [0.5, 0.6) is 0 Å². The molecule has 5 heterocycles. The summed E-state index contributed by atoms with van der Waals surface area (Å²) in [6.07, 6.45) is 26.9. The van der Waals surface area contributed by atoms with Crippen LogP contribution >= 0.6 is 56.7 Å². The summed E-state index contributed by atoms with van der Waals surface area (Å²) in [6, 6.07) is 34.3. The number of unbranched alkanes of at least 4 members (excludes halogenated alkanes) is 12. The van der Waals surface area contributed by atoms with Crippen LogP contribution in [0.2, 0.25) is 0 Å². The average Bonchev–Trinajstić information content (AvgIpc) is 4.22. The summed E-state index contributed by atoms with van der Waals surface area (Å²) < 4.78 is 0. The second-order valence-corrected chi connectivity index (χ2v) is 26.1. The highest BCUT2D eigenvalue weighted by Gasteiger charge is 2.42. The normalized spacial score (nSPS) is 13.2. The molecule has 5 aromatic heterocycles. The van der Waals surface area contributed by atoms with Crippen LogP contribution in [-0.4, -0.2) is 0 Å². The zero-order chi connectivity index (χ0) is 47.7. The van der Waals surface area contributed by atoms with Gasteiger partial charge in [0.15, 0.2) is 0 Å². The molecule has 1 aliphatic carbocycles. The van der Waals surface area contributed by atoms with Crippen LogP contribution in [0.4, 0.5) is 0 Å². The molecule has 0 radical (unpaired) electrons. The Morgan fingerprint density at radius 3 is 1.38 bits per heavy atom. The molecule has 0 saturated carbocycles. The lowest BCUT2D eigenvalue weighted by atomic mass is 9.70. The molecule has 8 rings (SSSR count). The van der Waals surface area contributed by atoms with Crippen LogP contribution in [0.1, 0.15) is 203 Å². The number of benzene rings is 2. The summed E-state index contributed by atoms with van der Waals surface area (Å²) in [5.74, 6) is 0. The van der Waals surface area contributed by atoms with E-state index in [2.05, 4.69) is 152 Å². The van der Waals surface area contributed by atoms with Crippen LogP contribution < -0.4 is 0 Å². The van der Waals surface area contributed by atoms with E-state index in [9.17, 15) is 0 Å². The lowest BCUT2D eigenvalue weighted by molar-refractivity contribution is 0.401. The molecule has 0 aliphatic heterocycles. The van der Waals surface area contributed by atoms with Crippen molar-refractivity contribution in [1.82, 2.24) is 0 Å². The smallest absolute Gasteiger partial charge is 0.0484 e. The van der Waals surface area contributed by atoms with Crippen LogP contribution in [0, 0.1) is 6.92 Å². The standard InChI is InChI=1S/C63H80S5/c1-9-14-18-22-26-48-49(27-23-19-15-10-2)61(58-37-35-55(66-58)56-38-39-59(67-56)62(7,8)13-5)68-60(48)57-36-34-54(65-57)53-33-32-52(64-53)45-29-31-47-46-30-28-44(6)42-50(46)63(51(47)43-45,40-24-20-16-11-3)41-25-21-17-12-4/h28-39,42-43H,9-27,40-41H2,1-8H3. The molecule has 7 aromatic rings. The number of hydrogen-bond acceptors (Lipinski definition) is 5. The van der Waals surface area contributed by atoms with Gasteiger partial charge in [0, 0.05) is 54.2 Å². The Bertz CT molecular complexity index is 2670. The molecule has 0 nitrogen and oxygen atoms in total. The Labute approximate surface area is 432 Å². The molecule has 0 atom stereocenters. The maximum Gasteiger partial charge on any atom is 0.0484 e. The second-order valence-electron chi connectivity index (χ2n) is 20.7. The molecule has 2 aromatic carbocycles. The number of aryl methyl sites for hydroxylation is 1. The molecular formula is C63H80S5. The van der Waals surface area contributed by atoms with E-state index in [0.29, 0.717) is 0 Å². The van der Waals surface area contributed by atoms with Crippen LogP contribution in [0.3, 0.4) is 0 Å². The highest BCUT2D eigenvalue weighted by molar-refractivity contribution is 7.30. The fraction of sp³-hybridized carbons (Fsp3) is 0.492. The van der Waals surface area contributed by atoms with Gasteiger partial charge in [-0.3, -0.25) is 0 Å². The van der Waals surface area contributed by atoms with Crippen molar-refractivity contribution in [3.63, 3.8) is 0 Å². The van der Waals surface area contributed by atoms with Crippen LogP contribution in [0.15, 0.2) is 84.9 Å². The lowest BCUT2D eigenvalue weighted by Gasteiger charge is -2.33. The molecular weight excluding hydrogens is 917 g/mol. The van der Waals surface area contributed by atoms with Crippen molar-refractivity contribution < 1.29 is 0 Å². The molecule has 0 unspecified atom stereocenters. The predicted octanol–water partition coefficient (Wildman–Crippen LogP) is 22.8. The molecule has 0 spiro atoms. The number of rotatable bonds is 27. The average molecular weight is 998 g/mol. The molecule has 0 bridgehead atoms. The van der Waals surface area contributed by atoms with E-state index in [4.69, 9.17) is 0 Å². The third kappa shape index (κ3) is 11.3. The van der Waals surface area contributed by atoms with Gasteiger partial charge < -0.3 is 0 Å². The SMILES string of the molecule is CCCCCCc1c(-c2ccc(-c3ccc(-c4ccc5c(c4)C(CCCCCC)(CCCCCC)c4cc(C)ccc4-5)s3)s2)sc(-c2ccc(-c3ccc(C(C)(C)CC)s3)s2)c1CCCCCC. The van der Waals surface area contributed by atoms with Gasteiger partial charge in [-0.05, 0) is 151 Å². The van der Waals surface area contributed by atoms with E-state index >= 15 is 0 Å². The van der Waals surface area contributed by atoms with E-state index < -0.39 is 0 Å². The largest absolute Gasteiger partial charge is 0.139 e. The van der Waals surface area contributed by atoms with Gasteiger partial charge in [0.1, 0.15) is 0 Å². The van der Waals surface area contributed by atoms with E-state index in [-0.39, 0.29) is 10.8 Å². The van der Waals surface area contributed by atoms with Crippen molar-refractivity contribution in [3.8, 4) is 60.6 Å². The maximum absolute atomic E-state index is 2.64. The summed E-state index contributed by atoms with van der Waals surface area (Å²) >= 11 is 10.1. The van der Waals surface area contributed by atoms with Crippen LogP contribution in [-0.2, 0) is 23.7 Å². The summed E-state index contributed by atoms with van der Waals surface area (Å²) in [5, 5.41) is 0. The van der Waals surface area contributed by atoms with Crippen LogP contribution in [0.25, 0.3) is 60.6 Å². The minimum absolute atomic E-state index is 0.101. The predicted molar refractivity (Wildman–Crippen MR) is 310 cm³/mol. The third-order valence-electron chi connectivity index (χ3n) is 15.3. The summed E-state index contributed by atoms with van der Waals surface area (Å²) in [6.45, 7) is 18.8. The first-order valence-corrected chi connectivity index (χ1v) is 31.0. The minimum Gasteiger partial charge on any atom is -0.139 e. The van der Waals surface area contributed by atoms with Crippen molar-refractivity contribution in [2.75, 3.05) is 0 Å². The van der Waals surface area contributed by atoms with E-state index in [1.165, 1.54) is 199 Å². The Hall–Kier alpha value is -3.06. The highest BCUT2D eigenvalue weighted by atomic mass is 32.1. The molecule has 1 aliphatic rings. The monoisotopic (exact) mass is 996 g/mol. The third-order valence-corrected chi connectivity index (χ3v) is 22.1. The zero-order valence-electron chi connectivity index (χ0n) is 43.0. The minimum atomic E-state index is 0.101. The molecule has 0 fully saturated rings. The Balaban J connectivity index is 1.13. The molecule has 362 valence electrons. The van der Waals surface area contributed by atoms with Crippen molar-refractivity contribution in [3.05, 3.63) is 118 Å². The van der Waals surface area contributed by atoms with Gasteiger partial charge in [-0.15, -0.1) is 56.7 Å². The van der Waals surface area contributed by atoms with Crippen molar-refractivity contribution in [2.24, 2.45) is 0 Å². The van der Waals surface area contributed by atoms with E-state index in [1.807, 2.05) is 45.3 Å². The van der Waals surface area contributed by atoms with E-state index in [1.54, 1.807) is 22.3 Å². The van der Waals surface area contributed by atoms with Gasteiger partial charge in [0.25, 0.3) is 0 Å². The summed E-state index contributed by atoms with van der Waals surface area (Å²) in [4.78, 5) is 14.5. The van der Waals surface area contributed by atoms with Crippen molar-refractivity contribution in [2.45, 2.75) is 201 Å². The lowest BCUT2D eigenvalue weighted by Crippen LogP contribution is -2.25. The van der Waals surface area contributed by atoms with Crippen molar-refractivity contribution >= 4 is 56.7 Å². The molecule has 5 heteroatoms. The Kier molecular flexibility index (Phi) is 18.0. The maximum atomic E-state index is 2.64. The first kappa shape index (κ1) is 51.3. The van der Waals surface area contributed by atoms with Gasteiger partial charge in [0.2, 0.25) is 0 Å². The topological polar surface area (TPSA) is 0 Å². The zero-order valence-corrected chi connectivity index (χ0v) is 47.1. The van der Waals surface area contributed by atoms with Gasteiger partial charge in [-0.25, -0.2) is 0 Å².